The lowest BCUT2D eigenvalue weighted by Gasteiger charge is -2.25. The van der Waals surface area contributed by atoms with Crippen LogP contribution in [0.5, 0.6) is 0 Å². The number of ether oxygens (including phenoxy) is 1. The quantitative estimate of drug-likeness (QED) is 0.0713. The van der Waals surface area contributed by atoms with Gasteiger partial charge in [0.25, 0.3) is 0 Å². The Kier molecular flexibility index (Phi) is 19.0. The van der Waals surface area contributed by atoms with Gasteiger partial charge < -0.3 is 9.64 Å². The lowest BCUT2D eigenvalue weighted by molar-refractivity contribution is -0.140. The number of carbonyl (C=O) groups is 1. The van der Waals surface area contributed by atoms with Gasteiger partial charge >= 0.3 is 5.97 Å². The standard InChI is InChI=1S/C44H39NO2S4.C28H23IS4/c1-28-23-40(48-27-28)43-30(3)25-38(50-43)39-26-31(4)44(51-39)41-24-29(2)37(49-41)21-15-32-11-17-35(18-12-32)45(34-9-7-6-8-10-34)36-19-13-33(14-20-36)16-22-42(46)47-5;1-16-11-25(30-15-16)27-18(3)13-23(32-27)24-14-19(4)28(33-24)26-12-17(2)22(31-26)10-7-20-5-8-21(29)9-6-20/h6-15,17-21,23-27H,16,22H2,1-5H3;5-15H,1-4H3/b21-15+;10-7+. The molecule has 0 aliphatic rings. The highest BCUT2D eigenvalue weighted by Gasteiger charge is 2.20. The predicted octanol–water partition coefficient (Wildman–Crippen LogP) is 24.9. The van der Waals surface area contributed by atoms with E-state index in [0.29, 0.717) is 12.8 Å². The minimum absolute atomic E-state index is 0.191. The molecule has 12 heteroatoms. The lowest BCUT2D eigenvalue weighted by atomic mass is 10.1. The molecular formula is C72H62INO2S8. The van der Waals surface area contributed by atoms with Crippen LogP contribution in [0.15, 0.2) is 162 Å². The van der Waals surface area contributed by atoms with Crippen molar-refractivity contribution in [3.8, 4) is 58.5 Å². The largest absolute Gasteiger partial charge is 0.469 e. The van der Waals surface area contributed by atoms with Crippen molar-refractivity contribution in [2.24, 2.45) is 0 Å². The molecule has 0 saturated heterocycles. The van der Waals surface area contributed by atoms with Crippen LogP contribution in [0.2, 0.25) is 0 Å². The predicted molar refractivity (Wildman–Crippen MR) is 385 cm³/mol. The van der Waals surface area contributed by atoms with Gasteiger partial charge in [0.1, 0.15) is 0 Å². The Labute approximate surface area is 540 Å². The van der Waals surface area contributed by atoms with Crippen molar-refractivity contribution in [3.05, 3.63) is 237 Å². The molecule has 0 aliphatic carbocycles. The molecule has 0 aliphatic heterocycles. The highest BCUT2D eigenvalue weighted by molar-refractivity contribution is 14.1. The van der Waals surface area contributed by atoms with Crippen LogP contribution in [-0.4, -0.2) is 13.1 Å². The fourth-order valence-corrected chi connectivity index (χ4v) is 19.7. The zero-order valence-corrected chi connectivity index (χ0v) is 56.9. The Bertz CT molecular complexity index is 4300. The van der Waals surface area contributed by atoms with Gasteiger partial charge in [0.2, 0.25) is 0 Å². The molecule has 0 bridgehead atoms. The Morgan fingerprint density at radius 1 is 0.429 bits per heavy atom. The SMILES string of the molecule is COC(=O)CCc1ccc(N(c2ccccc2)c2ccc(/C=C/c3sc(-c4sc(-c5cc(C)c(-c6cc(C)cs6)s5)cc4C)cc3C)cc2)cc1.Cc1csc(-c2sc(-c3cc(C)c(-c4cc(C)c(/C=C/c5ccc(I)cc5)s4)s3)cc2C)c1. The fraction of sp³-hybridized carbons (Fsp3) is 0.153. The highest BCUT2D eigenvalue weighted by atomic mass is 127. The minimum atomic E-state index is -0.191. The first kappa shape index (κ1) is 59.7. The third-order valence-corrected chi connectivity index (χ3v) is 25.6. The van der Waals surface area contributed by atoms with Crippen molar-refractivity contribution in [1.29, 1.82) is 0 Å². The number of thiophene rings is 8. The van der Waals surface area contributed by atoms with Crippen molar-refractivity contribution >= 4 is 161 Å². The first-order valence-electron chi connectivity index (χ1n) is 27.6. The number of aryl methyl sites for hydroxylation is 9. The van der Waals surface area contributed by atoms with Gasteiger partial charge in [-0.1, -0.05) is 66.7 Å². The van der Waals surface area contributed by atoms with Gasteiger partial charge in [-0.25, -0.2) is 0 Å². The van der Waals surface area contributed by atoms with Gasteiger partial charge in [-0.2, -0.15) is 0 Å². The minimum Gasteiger partial charge on any atom is -0.469 e. The maximum atomic E-state index is 11.6. The molecule has 4 aromatic carbocycles. The van der Waals surface area contributed by atoms with Crippen LogP contribution in [-0.2, 0) is 16.0 Å². The van der Waals surface area contributed by atoms with E-state index in [9.17, 15) is 4.79 Å². The number of benzene rings is 4. The van der Waals surface area contributed by atoms with Crippen molar-refractivity contribution in [1.82, 2.24) is 0 Å². The molecule has 0 unspecified atom stereocenters. The van der Waals surface area contributed by atoms with E-state index in [-0.39, 0.29) is 5.97 Å². The van der Waals surface area contributed by atoms with Crippen LogP contribution in [0, 0.1) is 59.0 Å². The zero-order chi connectivity index (χ0) is 58.6. The zero-order valence-electron chi connectivity index (χ0n) is 48.2. The van der Waals surface area contributed by atoms with E-state index in [4.69, 9.17) is 4.74 Å². The molecule has 8 aromatic heterocycles. The molecule has 0 fully saturated rings. The monoisotopic (exact) mass is 1360 g/mol. The normalized spacial score (nSPS) is 11.5. The second-order valence-electron chi connectivity index (χ2n) is 21.0. The van der Waals surface area contributed by atoms with Crippen molar-refractivity contribution in [2.45, 2.75) is 68.2 Å². The number of esters is 1. The van der Waals surface area contributed by atoms with Gasteiger partial charge in [0.15, 0.2) is 0 Å². The van der Waals surface area contributed by atoms with Crippen LogP contribution < -0.4 is 4.90 Å². The molecule has 12 aromatic rings. The Morgan fingerprint density at radius 3 is 1.21 bits per heavy atom. The van der Waals surface area contributed by atoms with Gasteiger partial charge in [-0.15, -0.1) is 90.7 Å². The van der Waals surface area contributed by atoms with Crippen LogP contribution in [0.1, 0.15) is 77.4 Å². The van der Waals surface area contributed by atoms with Crippen molar-refractivity contribution in [3.63, 3.8) is 0 Å². The Balaban J connectivity index is 0.000000192. The van der Waals surface area contributed by atoms with E-state index in [2.05, 4.69) is 264 Å². The van der Waals surface area contributed by atoms with Crippen LogP contribution >= 0.6 is 113 Å². The Morgan fingerprint density at radius 2 is 0.810 bits per heavy atom. The number of hydrogen-bond acceptors (Lipinski definition) is 11. The molecule has 0 N–H and O–H groups in total. The summed E-state index contributed by atoms with van der Waals surface area (Å²) >= 11 is 17.5. The van der Waals surface area contributed by atoms with Crippen molar-refractivity contribution in [2.75, 3.05) is 12.0 Å². The summed E-state index contributed by atoms with van der Waals surface area (Å²) in [4.78, 5) is 32.9. The molecule has 0 atom stereocenters. The van der Waals surface area contributed by atoms with E-state index >= 15 is 0 Å². The first-order chi connectivity index (χ1) is 40.6. The highest BCUT2D eigenvalue weighted by Crippen LogP contribution is 2.49. The summed E-state index contributed by atoms with van der Waals surface area (Å²) in [5, 5.41) is 4.48. The molecule has 84 heavy (non-hydrogen) atoms. The topological polar surface area (TPSA) is 29.5 Å². The van der Waals surface area contributed by atoms with E-state index in [0.717, 1.165) is 28.2 Å². The molecule has 0 saturated carbocycles. The fourth-order valence-electron chi connectivity index (χ4n) is 9.88. The summed E-state index contributed by atoms with van der Waals surface area (Å²) in [5.41, 5.74) is 17.5. The Hall–Kier alpha value is -6.04. The lowest BCUT2D eigenvalue weighted by Crippen LogP contribution is -2.10. The first-order valence-corrected chi connectivity index (χ1v) is 35.3. The maximum absolute atomic E-state index is 11.6. The second kappa shape index (κ2) is 26.7. The molecule has 12 rings (SSSR count). The molecule has 0 spiro atoms. The van der Waals surface area contributed by atoms with E-state index < -0.39 is 0 Å². The summed E-state index contributed by atoms with van der Waals surface area (Å²) in [5.74, 6) is -0.191. The molecule has 0 radical (unpaired) electrons. The van der Waals surface area contributed by atoms with Gasteiger partial charge in [-0.3, -0.25) is 4.79 Å². The van der Waals surface area contributed by atoms with Crippen LogP contribution in [0.25, 0.3) is 82.8 Å². The van der Waals surface area contributed by atoms with E-state index in [1.807, 2.05) is 96.8 Å². The summed E-state index contributed by atoms with van der Waals surface area (Å²) in [7, 11) is 1.43. The van der Waals surface area contributed by atoms with Crippen LogP contribution in [0.3, 0.4) is 0 Å². The van der Waals surface area contributed by atoms with Gasteiger partial charge in [-0.05, 0) is 266 Å². The molecular weight excluding hydrogens is 1290 g/mol. The number of nitrogens with zero attached hydrogens (tertiary/aromatic N) is 1. The molecule has 8 heterocycles. The van der Waals surface area contributed by atoms with Crippen LogP contribution in [0.4, 0.5) is 17.1 Å². The van der Waals surface area contributed by atoms with Gasteiger partial charge in [0.05, 0.1) is 7.11 Å². The third kappa shape index (κ3) is 13.9. The summed E-state index contributed by atoms with van der Waals surface area (Å²) in [6, 6.07) is 54.9. The molecule has 0 amide bonds. The summed E-state index contributed by atoms with van der Waals surface area (Å²) in [6.07, 6.45) is 9.97. The maximum Gasteiger partial charge on any atom is 0.305 e. The number of para-hydroxylation sites is 1. The number of anilines is 3. The molecule has 422 valence electrons. The van der Waals surface area contributed by atoms with Crippen molar-refractivity contribution < 1.29 is 9.53 Å². The summed E-state index contributed by atoms with van der Waals surface area (Å²) < 4.78 is 6.08. The second-order valence-corrected chi connectivity index (χ2v) is 30.5. The average molecular weight is 1360 g/mol. The number of methoxy groups -OCH3 is 1. The number of carbonyl (C=O) groups excluding carboxylic acids is 1. The number of rotatable bonds is 16. The van der Waals surface area contributed by atoms with E-state index in [1.165, 1.54) is 129 Å². The number of hydrogen-bond donors (Lipinski definition) is 0. The van der Waals surface area contributed by atoms with Gasteiger partial charge in [0, 0.05) is 95.3 Å². The third-order valence-electron chi connectivity index (χ3n) is 14.4. The summed E-state index contributed by atoms with van der Waals surface area (Å²) in [6.45, 7) is 17.7. The number of halogens is 1. The van der Waals surface area contributed by atoms with E-state index in [1.54, 1.807) is 0 Å². The molecule has 3 nitrogen and oxygen atoms in total. The average Bonchev–Trinajstić information content (AvgIpc) is 4.58. The smallest absolute Gasteiger partial charge is 0.305 e.